The molecule has 0 spiro atoms. The first-order valence-corrected chi connectivity index (χ1v) is 11.5. The fourth-order valence-corrected chi connectivity index (χ4v) is 8.23. The number of halogens is 2. The highest BCUT2D eigenvalue weighted by molar-refractivity contribution is 6.26. The molecule has 4 rings (SSSR count). The molecule has 0 heterocycles. The Balaban J connectivity index is 1.89. The lowest BCUT2D eigenvalue weighted by atomic mass is 9.45. The number of alkyl halides is 2. The fourth-order valence-electron chi connectivity index (χ4n) is 7.74. The average molecular weight is 469 g/mol. The van der Waals surface area contributed by atoms with E-state index in [2.05, 4.69) is 0 Å². The molecule has 8 heteroatoms. The number of carbonyl (C=O) groups is 3. The molecule has 1 unspecified atom stereocenters. The molecule has 32 heavy (non-hydrogen) atoms. The van der Waals surface area contributed by atoms with Crippen LogP contribution in [0.1, 0.15) is 47.0 Å². The number of ether oxygens (including phenoxy) is 1. The minimum atomic E-state index is -1.64. The Hall–Kier alpha value is -1.57. The zero-order valence-electron chi connectivity index (χ0n) is 18.7. The van der Waals surface area contributed by atoms with Crippen LogP contribution in [0, 0.1) is 28.6 Å². The summed E-state index contributed by atoms with van der Waals surface area (Å²) in [5, 5.41) is 21.3. The van der Waals surface area contributed by atoms with Gasteiger partial charge in [0.05, 0.1) is 11.0 Å². The van der Waals surface area contributed by atoms with Crippen molar-refractivity contribution in [2.45, 2.75) is 69.7 Å². The second-order valence-electron chi connectivity index (χ2n) is 10.4. The Bertz CT molecular complexity index is 947. The summed E-state index contributed by atoms with van der Waals surface area (Å²) < 4.78 is 21.2. The number of fused-ring (bicyclic) bond motifs is 5. The predicted molar refractivity (Wildman–Crippen MR) is 115 cm³/mol. The minimum Gasteiger partial charge on any atom is -0.450 e. The summed E-state index contributed by atoms with van der Waals surface area (Å²) in [7, 11) is 0. The summed E-state index contributed by atoms with van der Waals surface area (Å²) in [6.07, 6.45) is 2.06. The second kappa shape index (κ2) is 7.21. The molecule has 0 aliphatic heterocycles. The predicted octanol–water partition coefficient (Wildman–Crippen LogP) is 2.68. The van der Waals surface area contributed by atoms with Crippen molar-refractivity contribution >= 4 is 29.1 Å². The number of hydrogen-bond donors (Lipinski definition) is 2. The highest BCUT2D eigenvalue weighted by atomic mass is 35.5. The SMILES string of the molecule is CC(=O)O[C@]1(C(=O)CO)[C@@H](C)C[C@H]2[C@@H]3C[C@H](F)C4=CC(=O)C=C[C@]4(C)[C@@]3(Cl)C(O)C[C@@]21C. The van der Waals surface area contributed by atoms with Crippen LogP contribution in [0.5, 0.6) is 0 Å². The van der Waals surface area contributed by atoms with E-state index in [0.717, 1.165) is 0 Å². The number of aliphatic hydroxyl groups is 2. The van der Waals surface area contributed by atoms with Gasteiger partial charge in [-0.2, -0.15) is 0 Å². The van der Waals surface area contributed by atoms with Crippen LogP contribution in [0.25, 0.3) is 0 Å². The maximum atomic E-state index is 15.5. The van der Waals surface area contributed by atoms with Gasteiger partial charge >= 0.3 is 5.97 Å². The molecule has 0 aromatic carbocycles. The number of esters is 1. The summed E-state index contributed by atoms with van der Waals surface area (Å²) in [6, 6.07) is 0. The Morgan fingerprint density at radius 3 is 2.53 bits per heavy atom. The van der Waals surface area contributed by atoms with Crippen LogP contribution in [-0.4, -0.2) is 57.1 Å². The summed E-state index contributed by atoms with van der Waals surface area (Å²) in [4.78, 5) is 35.9. The molecule has 0 saturated heterocycles. The molecular formula is C24H30ClFO6. The lowest BCUT2D eigenvalue weighted by Crippen LogP contribution is -2.70. The fraction of sp³-hybridized carbons (Fsp3) is 0.708. The Morgan fingerprint density at radius 1 is 1.28 bits per heavy atom. The lowest BCUT2D eigenvalue weighted by molar-refractivity contribution is -0.202. The van der Waals surface area contributed by atoms with Crippen LogP contribution in [-0.2, 0) is 19.1 Å². The van der Waals surface area contributed by atoms with Gasteiger partial charge in [0, 0.05) is 23.7 Å². The first-order chi connectivity index (χ1) is 14.8. The number of Topliss-reactive ketones (excluding diaryl/α,β-unsaturated/α-hetero) is 1. The van der Waals surface area contributed by atoms with Crippen LogP contribution in [0.3, 0.4) is 0 Å². The van der Waals surface area contributed by atoms with Crippen LogP contribution in [0.4, 0.5) is 4.39 Å². The van der Waals surface area contributed by atoms with Gasteiger partial charge in [-0.25, -0.2) is 4.39 Å². The zero-order chi connectivity index (χ0) is 23.9. The molecule has 4 aliphatic carbocycles. The van der Waals surface area contributed by atoms with Crippen molar-refractivity contribution in [2.24, 2.45) is 28.6 Å². The van der Waals surface area contributed by atoms with Crippen LogP contribution in [0.15, 0.2) is 23.8 Å². The molecule has 2 N–H and O–H groups in total. The summed E-state index contributed by atoms with van der Waals surface area (Å²) in [5.74, 6) is -2.96. The van der Waals surface area contributed by atoms with E-state index in [1.54, 1.807) is 26.8 Å². The Morgan fingerprint density at radius 2 is 1.94 bits per heavy atom. The Kier molecular flexibility index (Phi) is 5.32. The topological polar surface area (TPSA) is 101 Å². The van der Waals surface area contributed by atoms with E-state index in [4.69, 9.17) is 16.3 Å². The van der Waals surface area contributed by atoms with Gasteiger partial charge in [0.15, 0.2) is 11.4 Å². The smallest absolute Gasteiger partial charge is 0.303 e. The van der Waals surface area contributed by atoms with E-state index >= 15 is 4.39 Å². The molecule has 0 aromatic heterocycles. The van der Waals surface area contributed by atoms with Gasteiger partial charge in [-0.15, -0.1) is 11.6 Å². The van der Waals surface area contributed by atoms with Crippen molar-refractivity contribution in [2.75, 3.05) is 6.61 Å². The van der Waals surface area contributed by atoms with Crippen molar-refractivity contribution < 1.29 is 33.7 Å². The average Bonchev–Trinajstić information content (AvgIpc) is 2.92. The molecule has 0 bridgehead atoms. The molecular weight excluding hydrogens is 439 g/mol. The maximum absolute atomic E-state index is 15.5. The first kappa shape index (κ1) is 23.6. The van der Waals surface area contributed by atoms with Gasteiger partial charge < -0.3 is 14.9 Å². The minimum absolute atomic E-state index is 0.0143. The summed E-state index contributed by atoms with van der Waals surface area (Å²) in [6.45, 7) is 5.70. The molecule has 6 nitrogen and oxygen atoms in total. The van der Waals surface area contributed by atoms with Gasteiger partial charge in [-0.1, -0.05) is 26.8 Å². The van der Waals surface area contributed by atoms with Crippen LogP contribution in [0.2, 0.25) is 0 Å². The van der Waals surface area contributed by atoms with Crippen molar-refractivity contribution in [3.8, 4) is 0 Å². The number of carbonyl (C=O) groups excluding carboxylic acids is 3. The largest absolute Gasteiger partial charge is 0.450 e. The maximum Gasteiger partial charge on any atom is 0.303 e. The number of ketones is 2. The molecule has 176 valence electrons. The number of hydrogen-bond acceptors (Lipinski definition) is 6. The number of allylic oxidation sites excluding steroid dienone is 4. The van der Waals surface area contributed by atoms with E-state index in [0.29, 0.717) is 6.42 Å². The van der Waals surface area contributed by atoms with E-state index < -0.39 is 63.8 Å². The van der Waals surface area contributed by atoms with Crippen molar-refractivity contribution in [1.82, 2.24) is 0 Å². The zero-order valence-corrected chi connectivity index (χ0v) is 19.5. The molecule has 9 atom stereocenters. The van der Waals surface area contributed by atoms with Gasteiger partial charge in [0.2, 0.25) is 5.78 Å². The van der Waals surface area contributed by atoms with Gasteiger partial charge in [-0.3, -0.25) is 14.4 Å². The summed E-state index contributed by atoms with van der Waals surface area (Å²) >= 11 is 7.28. The third-order valence-electron chi connectivity index (χ3n) is 9.03. The summed E-state index contributed by atoms with van der Waals surface area (Å²) in [5.41, 5.74) is -3.52. The van der Waals surface area contributed by atoms with Crippen molar-refractivity contribution in [3.05, 3.63) is 23.8 Å². The molecule has 0 amide bonds. The number of rotatable bonds is 3. The quantitative estimate of drug-likeness (QED) is 0.488. The first-order valence-electron chi connectivity index (χ1n) is 11.1. The molecule has 3 fully saturated rings. The monoisotopic (exact) mass is 468 g/mol. The van der Waals surface area contributed by atoms with Crippen molar-refractivity contribution in [1.29, 1.82) is 0 Å². The van der Waals surface area contributed by atoms with Gasteiger partial charge in [0.25, 0.3) is 0 Å². The lowest BCUT2D eigenvalue weighted by Gasteiger charge is -2.64. The highest BCUT2D eigenvalue weighted by Crippen LogP contribution is 2.72. The van der Waals surface area contributed by atoms with E-state index in [9.17, 15) is 24.6 Å². The second-order valence-corrected chi connectivity index (χ2v) is 11.0. The van der Waals surface area contributed by atoms with Crippen LogP contribution < -0.4 is 0 Å². The standard InChI is InChI=1S/C24H30ClFO6/c1-12-7-15-16-9-18(26)17-8-14(29)5-6-21(17,3)23(16,25)19(30)10-22(15,4)24(12,20(31)11-27)32-13(2)28/h5-6,8,12,15-16,18-19,27,30H,7,9-11H2,1-4H3/t12-,15-,16-,18-,19?,21-,22-,23-,24-/m0/s1. The van der Waals surface area contributed by atoms with E-state index in [1.165, 1.54) is 19.1 Å². The highest BCUT2D eigenvalue weighted by Gasteiger charge is 2.77. The molecule has 0 radical (unpaired) electrons. The number of aliphatic hydroxyl groups excluding tert-OH is 2. The van der Waals surface area contributed by atoms with Crippen molar-refractivity contribution in [3.63, 3.8) is 0 Å². The van der Waals surface area contributed by atoms with Crippen LogP contribution >= 0.6 is 11.6 Å². The molecule has 0 aromatic rings. The van der Waals surface area contributed by atoms with Gasteiger partial charge in [0.1, 0.15) is 12.8 Å². The molecule has 3 saturated carbocycles. The third kappa shape index (κ3) is 2.62. The normalized spacial score (nSPS) is 49.6. The third-order valence-corrected chi connectivity index (χ3v) is 9.96. The van der Waals surface area contributed by atoms with E-state index in [-0.39, 0.29) is 30.1 Å². The van der Waals surface area contributed by atoms with E-state index in [1.807, 2.05) is 0 Å². The Labute approximate surface area is 191 Å². The van der Waals surface area contributed by atoms with Gasteiger partial charge in [-0.05, 0) is 48.8 Å². The molecule has 4 aliphatic rings.